The zero-order valence-electron chi connectivity index (χ0n) is 12.0. The van der Waals surface area contributed by atoms with Crippen LogP contribution < -0.4 is 4.74 Å². The minimum Gasteiger partial charge on any atom is -0.482 e. The molecular formula is C14H18N4O3. The van der Waals surface area contributed by atoms with Gasteiger partial charge in [-0.2, -0.15) is 5.10 Å². The van der Waals surface area contributed by atoms with Crippen molar-refractivity contribution in [3.8, 4) is 5.75 Å². The van der Waals surface area contributed by atoms with E-state index in [9.17, 15) is 9.90 Å². The number of carbonyl (C=O) groups is 1. The van der Waals surface area contributed by atoms with E-state index in [0.717, 1.165) is 0 Å². The van der Waals surface area contributed by atoms with E-state index in [-0.39, 0.29) is 12.5 Å². The average molecular weight is 290 g/mol. The topological polar surface area (TPSA) is 72.5 Å². The quantitative estimate of drug-likeness (QED) is 0.865. The van der Waals surface area contributed by atoms with E-state index in [4.69, 9.17) is 4.74 Å². The van der Waals surface area contributed by atoms with Crippen LogP contribution in [-0.4, -0.2) is 55.6 Å². The molecular weight excluding hydrogens is 272 g/mol. The molecule has 2 aromatic heterocycles. The summed E-state index contributed by atoms with van der Waals surface area (Å²) in [5.74, 6) is 0.502. The Hall–Kier alpha value is -2.28. The minimum absolute atomic E-state index is 0.0908. The third kappa shape index (κ3) is 2.78. The number of ether oxygens (including phenoxy) is 1. The largest absolute Gasteiger partial charge is 0.482 e. The molecule has 0 aromatic carbocycles. The van der Waals surface area contributed by atoms with Crippen LogP contribution in [0.15, 0.2) is 30.9 Å². The molecule has 1 fully saturated rings. The molecule has 2 atom stereocenters. The number of nitrogens with zero attached hydrogens (tertiary/aromatic N) is 4. The van der Waals surface area contributed by atoms with E-state index < -0.39 is 12.2 Å². The number of carbonyl (C=O) groups excluding carboxylic acids is 1. The molecule has 1 aliphatic rings. The van der Waals surface area contributed by atoms with Crippen LogP contribution in [-0.2, 0) is 14.1 Å². The SMILES string of the molecule is Cn1ccc(C(=O)N2C[C@@H](O)[C@H](Oc3cnn(C)c3)C2)c1. The molecule has 0 aliphatic carbocycles. The van der Waals surface area contributed by atoms with E-state index in [0.29, 0.717) is 17.9 Å². The van der Waals surface area contributed by atoms with Crippen molar-refractivity contribution in [2.24, 2.45) is 14.1 Å². The Bertz CT molecular complexity index is 648. The van der Waals surface area contributed by atoms with Crippen molar-refractivity contribution in [3.63, 3.8) is 0 Å². The molecule has 1 amide bonds. The zero-order valence-corrected chi connectivity index (χ0v) is 12.0. The number of likely N-dealkylation sites (tertiary alicyclic amines) is 1. The van der Waals surface area contributed by atoms with E-state index in [1.807, 2.05) is 17.8 Å². The zero-order chi connectivity index (χ0) is 15.0. The number of aromatic nitrogens is 3. The van der Waals surface area contributed by atoms with Gasteiger partial charge in [0.2, 0.25) is 0 Å². The van der Waals surface area contributed by atoms with Crippen molar-refractivity contribution >= 4 is 5.91 Å². The second-order valence-electron chi connectivity index (χ2n) is 5.35. The number of β-amino-alcohol motifs (C(OH)–C–C–N with tert-alkyl or cyclic N) is 1. The minimum atomic E-state index is -0.696. The molecule has 7 nitrogen and oxygen atoms in total. The molecule has 0 saturated carbocycles. The molecule has 7 heteroatoms. The lowest BCUT2D eigenvalue weighted by Crippen LogP contribution is -2.31. The Morgan fingerprint density at radius 3 is 2.81 bits per heavy atom. The molecule has 112 valence electrons. The van der Waals surface area contributed by atoms with Gasteiger partial charge in [-0.1, -0.05) is 0 Å². The summed E-state index contributed by atoms with van der Waals surface area (Å²) in [5.41, 5.74) is 0.617. The maximum absolute atomic E-state index is 12.3. The third-order valence-electron chi connectivity index (χ3n) is 3.57. The maximum atomic E-state index is 12.3. The number of rotatable bonds is 3. The molecule has 3 heterocycles. The highest BCUT2D eigenvalue weighted by atomic mass is 16.5. The molecule has 0 radical (unpaired) electrons. The summed E-state index contributed by atoms with van der Waals surface area (Å²) in [4.78, 5) is 13.9. The van der Waals surface area contributed by atoms with Crippen LogP contribution in [0.1, 0.15) is 10.4 Å². The number of aryl methyl sites for hydroxylation is 2. The first kappa shape index (κ1) is 13.7. The lowest BCUT2D eigenvalue weighted by Gasteiger charge is -2.15. The number of aliphatic hydroxyl groups excluding tert-OH is 1. The monoisotopic (exact) mass is 290 g/mol. The summed E-state index contributed by atoms with van der Waals surface area (Å²) >= 11 is 0. The first-order valence-corrected chi connectivity index (χ1v) is 6.77. The van der Waals surface area contributed by atoms with Crippen LogP contribution in [0.2, 0.25) is 0 Å². The van der Waals surface area contributed by atoms with Crippen LogP contribution in [0.3, 0.4) is 0 Å². The molecule has 21 heavy (non-hydrogen) atoms. The van der Waals surface area contributed by atoms with Gasteiger partial charge in [-0.25, -0.2) is 0 Å². The number of hydrogen-bond acceptors (Lipinski definition) is 4. The van der Waals surface area contributed by atoms with E-state index >= 15 is 0 Å². The van der Waals surface area contributed by atoms with Gasteiger partial charge in [0.15, 0.2) is 5.75 Å². The van der Waals surface area contributed by atoms with E-state index in [1.165, 1.54) is 0 Å². The van der Waals surface area contributed by atoms with Gasteiger partial charge >= 0.3 is 0 Å². The lowest BCUT2D eigenvalue weighted by atomic mass is 10.3. The highest BCUT2D eigenvalue weighted by Crippen LogP contribution is 2.20. The molecule has 0 bridgehead atoms. The van der Waals surface area contributed by atoms with Gasteiger partial charge in [0, 0.05) is 26.5 Å². The molecule has 1 aliphatic heterocycles. The Labute approximate surface area is 122 Å². The van der Waals surface area contributed by atoms with Crippen LogP contribution in [0.5, 0.6) is 5.75 Å². The Kier molecular flexibility index (Phi) is 3.42. The van der Waals surface area contributed by atoms with Gasteiger partial charge in [-0.05, 0) is 6.07 Å². The van der Waals surface area contributed by atoms with Crippen molar-refractivity contribution in [1.82, 2.24) is 19.2 Å². The third-order valence-corrected chi connectivity index (χ3v) is 3.57. The molecule has 2 aromatic rings. The van der Waals surface area contributed by atoms with Crippen LogP contribution in [0.4, 0.5) is 0 Å². The Morgan fingerprint density at radius 2 is 2.19 bits per heavy atom. The first-order valence-electron chi connectivity index (χ1n) is 6.77. The summed E-state index contributed by atoms with van der Waals surface area (Å²) < 4.78 is 9.15. The Balaban J connectivity index is 1.66. The van der Waals surface area contributed by atoms with E-state index in [2.05, 4.69) is 5.10 Å². The second-order valence-corrected chi connectivity index (χ2v) is 5.35. The lowest BCUT2D eigenvalue weighted by molar-refractivity contribution is 0.0729. The molecule has 0 spiro atoms. The highest BCUT2D eigenvalue weighted by molar-refractivity contribution is 5.94. The average Bonchev–Trinajstić information content (AvgIpc) is 3.12. The number of amides is 1. The molecule has 3 rings (SSSR count). The maximum Gasteiger partial charge on any atom is 0.255 e. The molecule has 1 N–H and O–H groups in total. The van der Waals surface area contributed by atoms with Crippen molar-refractivity contribution in [2.45, 2.75) is 12.2 Å². The van der Waals surface area contributed by atoms with Gasteiger partial charge in [-0.15, -0.1) is 0 Å². The van der Waals surface area contributed by atoms with Crippen molar-refractivity contribution in [1.29, 1.82) is 0 Å². The van der Waals surface area contributed by atoms with Crippen molar-refractivity contribution in [3.05, 3.63) is 36.4 Å². The van der Waals surface area contributed by atoms with Crippen LogP contribution in [0.25, 0.3) is 0 Å². The Morgan fingerprint density at radius 1 is 1.38 bits per heavy atom. The van der Waals surface area contributed by atoms with Gasteiger partial charge in [-0.3, -0.25) is 9.48 Å². The fourth-order valence-electron chi connectivity index (χ4n) is 2.49. The standard InChI is InChI=1S/C14H18N4O3/c1-16-4-3-10(6-16)14(20)18-8-12(19)13(9-18)21-11-5-15-17(2)7-11/h3-7,12-13,19H,8-9H2,1-2H3/t12-,13-/m1/s1. The fraction of sp³-hybridized carbons (Fsp3) is 0.429. The normalized spacial score (nSPS) is 21.8. The fourth-order valence-corrected chi connectivity index (χ4v) is 2.49. The smallest absolute Gasteiger partial charge is 0.255 e. The first-order chi connectivity index (χ1) is 10.0. The van der Waals surface area contributed by atoms with Crippen molar-refractivity contribution < 1.29 is 14.6 Å². The van der Waals surface area contributed by atoms with Crippen LogP contribution >= 0.6 is 0 Å². The summed E-state index contributed by atoms with van der Waals surface area (Å²) in [5, 5.41) is 14.1. The number of aliphatic hydroxyl groups is 1. The van der Waals surface area contributed by atoms with Gasteiger partial charge in [0.25, 0.3) is 5.91 Å². The summed E-state index contributed by atoms with van der Waals surface area (Å²) in [6, 6.07) is 1.77. The predicted molar refractivity (Wildman–Crippen MR) is 74.9 cm³/mol. The highest BCUT2D eigenvalue weighted by Gasteiger charge is 2.36. The molecule has 1 saturated heterocycles. The van der Waals surface area contributed by atoms with E-state index in [1.54, 1.807) is 41.3 Å². The summed E-state index contributed by atoms with van der Waals surface area (Å²) in [6.07, 6.45) is 5.79. The summed E-state index contributed by atoms with van der Waals surface area (Å²) in [6.45, 7) is 0.641. The van der Waals surface area contributed by atoms with Crippen LogP contribution in [0, 0.1) is 0 Å². The second kappa shape index (κ2) is 5.25. The molecule has 0 unspecified atom stereocenters. The van der Waals surface area contributed by atoms with Gasteiger partial charge in [0.05, 0.1) is 31.0 Å². The van der Waals surface area contributed by atoms with Gasteiger partial charge < -0.3 is 19.3 Å². The number of hydrogen-bond donors (Lipinski definition) is 1. The van der Waals surface area contributed by atoms with Gasteiger partial charge in [0.1, 0.15) is 12.2 Å². The predicted octanol–water partition coefficient (Wildman–Crippen LogP) is 0.0229. The van der Waals surface area contributed by atoms with Crippen molar-refractivity contribution in [2.75, 3.05) is 13.1 Å². The summed E-state index contributed by atoms with van der Waals surface area (Å²) in [7, 11) is 3.66.